The average molecular weight is 937 g/mol. The van der Waals surface area contributed by atoms with Gasteiger partial charge in [0, 0.05) is 5.54 Å². The minimum absolute atomic E-state index is 0. The van der Waals surface area contributed by atoms with E-state index in [0.717, 1.165) is 136 Å². The van der Waals surface area contributed by atoms with Gasteiger partial charge in [0.05, 0.1) is 22.0 Å². The lowest BCUT2D eigenvalue weighted by atomic mass is 9.83. The molecule has 11 N–H and O–H groups in total. The highest BCUT2D eigenvalue weighted by Gasteiger charge is 2.51. The van der Waals surface area contributed by atoms with Crippen LogP contribution in [0.4, 0.5) is 0 Å². The zero-order valence-corrected chi connectivity index (χ0v) is 40.3. The first kappa shape index (κ1) is 67.8. The fourth-order valence-corrected chi connectivity index (χ4v) is 11.7. The molecule has 0 aliphatic rings. The molecular weight excluding hydrogens is 848 g/mol. The van der Waals surface area contributed by atoms with E-state index >= 15 is 0 Å². The first-order valence-corrected chi connectivity index (χ1v) is 23.9. The van der Waals surface area contributed by atoms with Crippen LogP contribution in [0.3, 0.4) is 0 Å². The highest BCUT2D eigenvalue weighted by atomic mass is 35.5. The molecule has 0 radical (unpaired) electrons. The summed E-state index contributed by atoms with van der Waals surface area (Å²) in [5.74, 6) is 0.0121. The molecule has 0 aliphatic heterocycles. The van der Waals surface area contributed by atoms with Gasteiger partial charge in [0.2, 0.25) is 0 Å². The van der Waals surface area contributed by atoms with Crippen molar-refractivity contribution in [1.29, 1.82) is 0 Å². The maximum atomic E-state index is 14.0. The van der Waals surface area contributed by atoms with Gasteiger partial charge in [0.1, 0.15) is 0 Å². The molecule has 0 aromatic rings. The van der Waals surface area contributed by atoms with Gasteiger partial charge in [0.25, 0.3) is 0 Å². The third-order valence-corrected chi connectivity index (χ3v) is 14.7. The summed E-state index contributed by atoms with van der Waals surface area (Å²) in [6.07, 6.45) is 18.1. The van der Waals surface area contributed by atoms with Gasteiger partial charge in [-0.2, -0.15) is 0 Å². The molecule has 2 unspecified atom stereocenters. The quantitative estimate of drug-likeness (QED) is 0.0344. The Morgan fingerprint density at radius 1 is 0.436 bits per heavy atom. The number of sulfone groups is 2. The Kier molecular flexibility index (Phi) is 55.0. The number of unbranched alkanes of at least 4 members (excludes halogenated alkanes) is 12. The number of rotatable bonds is 39. The predicted molar refractivity (Wildman–Crippen MR) is 252 cm³/mol. The van der Waals surface area contributed by atoms with E-state index in [1.54, 1.807) is 0 Å². The maximum absolute atomic E-state index is 14.0. The first-order chi connectivity index (χ1) is 24.1. The van der Waals surface area contributed by atoms with Gasteiger partial charge in [-0.25, -0.2) is 16.8 Å². The van der Waals surface area contributed by atoms with Crippen LogP contribution in [0.5, 0.6) is 0 Å². The van der Waals surface area contributed by atoms with Crippen molar-refractivity contribution in [3.05, 3.63) is 0 Å². The average Bonchev–Trinajstić information content (AvgIpc) is 3.08. The monoisotopic (exact) mass is 933 g/mol. The SMILES string of the molecule is CCCCCCCCS(=O)(=O)C(CCN)C(N)(CCCNCCCNCCCCNCCCCN)C(CCN)S(=O)(=O)CCCCCCCC.Cl.Cl.Cl.Cl.Cl. The second-order valence-electron chi connectivity index (χ2n) is 14.4. The van der Waals surface area contributed by atoms with Crippen molar-refractivity contribution < 1.29 is 16.8 Å². The topological polar surface area (TPSA) is 208 Å². The Bertz CT molecular complexity index is 939. The van der Waals surface area contributed by atoms with Crippen molar-refractivity contribution in [3.63, 3.8) is 0 Å². The fraction of sp³-hybridized carbons (Fsp3) is 1.00. The Labute approximate surface area is 370 Å². The number of nitrogens with one attached hydrogen (secondary N) is 3. The molecule has 0 fully saturated rings. The molecule has 342 valence electrons. The number of hydrogen-bond acceptors (Lipinski definition) is 11. The zero-order valence-electron chi connectivity index (χ0n) is 34.6. The van der Waals surface area contributed by atoms with Gasteiger partial charge >= 0.3 is 0 Å². The van der Waals surface area contributed by atoms with Crippen LogP contribution in [-0.2, 0) is 19.7 Å². The molecule has 0 saturated heterocycles. The summed E-state index contributed by atoms with van der Waals surface area (Å²) in [5, 5.41) is 8.37. The van der Waals surface area contributed by atoms with Crippen LogP contribution >= 0.6 is 62.0 Å². The number of halogens is 5. The lowest BCUT2D eigenvalue weighted by Crippen LogP contribution is -2.65. The summed E-state index contributed by atoms with van der Waals surface area (Å²) in [6, 6.07) is 0. The van der Waals surface area contributed by atoms with Crippen LogP contribution < -0.4 is 38.9 Å². The maximum Gasteiger partial charge on any atom is 0.155 e. The fourth-order valence-electron chi connectivity index (χ4n) is 6.98. The lowest BCUT2D eigenvalue weighted by Gasteiger charge is -2.43. The van der Waals surface area contributed by atoms with Gasteiger partial charge in [-0.1, -0.05) is 78.1 Å². The predicted octanol–water partition coefficient (Wildman–Crippen LogP) is 6.24. The molecule has 0 aliphatic carbocycles. The van der Waals surface area contributed by atoms with E-state index in [4.69, 9.17) is 22.9 Å². The van der Waals surface area contributed by atoms with E-state index in [0.29, 0.717) is 25.8 Å². The largest absolute Gasteiger partial charge is 0.330 e. The summed E-state index contributed by atoms with van der Waals surface area (Å²) in [5.41, 5.74) is 23.3. The first-order valence-electron chi connectivity index (χ1n) is 20.5. The van der Waals surface area contributed by atoms with Gasteiger partial charge in [-0.15, -0.1) is 62.0 Å². The molecule has 0 bridgehead atoms. The number of nitrogens with two attached hydrogens (primary N) is 4. The van der Waals surface area contributed by atoms with Gasteiger partial charge in [-0.05, 0) is 130 Å². The van der Waals surface area contributed by atoms with E-state index in [-0.39, 0.29) is 106 Å². The second-order valence-corrected chi connectivity index (χ2v) is 19.0. The highest BCUT2D eigenvalue weighted by Crippen LogP contribution is 2.34. The smallest absolute Gasteiger partial charge is 0.155 e. The zero-order chi connectivity index (χ0) is 37.4. The standard InChI is InChI=1S/C37H83N7O4S2.5ClH/c1-3-5-7-9-11-17-33-49(45,46)35(21-25-39)37(41,36(22-26-40)50(47,48)34-18-12-10-8-6-4-2)23-19-30-44-32-20-31-43-29-16-15-28-42-27-14-13-24-38;;;;;/h35-36,42-44H,3-34,38-41H2,1-2H3;5*1H. The van der Waals surface area contributed by atoms with Gasteiger partial charge in [0.15, 0.2) is 19.7 Å². The number of hydrogen-bond donors (Lipinski definition) is 7. The van der Waals surface area contributed by atoms with Crippen LogP contribution in [0.1, 0.15) is 149 Å². The molecule has 0 heterocycles. The minimum atomic E-state index is -3.71. The molecule has 11 nitrogen and oxygen atoms in total. The Hall–Kier alpha value is 1.07. The lowest BCUT2D eigenvalue weighted by molar-refractivity contribution is 0.317. The van der Waals surface area contributed by atoms with E-state index in [1.807, 2.05) is 0 Å². The Balaban J connectivity index is -0.00000120. The van der Waals surface area contributed by atoms with Crippen molar-refractivity contribution in [2.75, 3.05) is 70.4 Å². The van der Waals surface area contributed by atoms with Gasteiger partial charge in [-0.3, -0.25) is 0 Å². The molecule has 0 amide bonds. The van der Waals surface area contributed by atoms with E-state index in [1.165, 1.54) is 0 Å². The molecule has 55 heavy (non-hydrogen) atoms. The van der Waals surface area contributed by atoms with Crippen LogP contribution in [0.2, 0.25) is 0 Å². The molecule has 0 spiro atoms. The molecule has 0 saturated carbocycles. The summed E-state index contributed by atoms with van der Waals surface area (Å²) in [7, 11) is -7.43. The van der Waals surface area contributed by atoms with E-state index in [9.17, 15) is 16.8 Å². The van der Waals surface area contributed by atoms with Crippen molar-refractivity contribution >= 4 is 81.7 Å². The molecule has 2 atom stereocenters. The van der Waals surface area contributed by atoms with Crippen LogP contribution in [0.25, 0.3) is 0 Å². The second kappa shape index (κ2) is 44.6. The molecule has 0 aromatic heterocycles. The summed E-state index contributed by atoms with van der Waals surface area (Å²) in [6.45, 7) is 10.8. The van der Waals surface area contributed by atoms with E-state index in [2.05, 4.69) is 29.8 Å². The highest BCUT2D eigenvalue weighted by molar-refractivity contribution is 7.93. The minimum Gasteiger partial charge on any atom is -0.330 e. The Morgan fingerprint density at radius 3 is 1.13 bits per heavy atom. The summed E-state index contributed by atoms with van der Waals surface area (Å²) < 4.78 is 56.1. The van der Waals surface area contributed by atoms with E-state index < -0.39 is 35.7 Å². The van der Waals surface area contributed by atoms with Crippen LogP contribution in [0.15, 0.2) is 0 Å². The third kappa shape index (κ3) is 33.5. The van der Waals surface area contributed by atoms with Crippen molar-refractivity contribution in [3.8, 4) is 0 Å². The van der Waals surface area contributed by atoms with Crippen molar-refractivity contribution in [2.24, 2.45) is 22.9 Å². The summed E-state index contributed by atoms with van der Waals surface area (Å²) >= 11 is 0. The van der Waals surface area contributed by atoms with Crippen molar-refractivity contribution in [1.82, 2.24) is 16.0 Å². The molecule has 0 rings (SSSR count). The Morgan fingerprint density at radius 2 is 0.764 bits per heavy atom. The van der Waals surface area contributed by atoms with Crippen LogP contribution in [-0.4, -0.2) is 103 Å². The normalized spacial score (nSPS) is 13.6. The summed E-state index contributed by atoms with van der Waals surface area (Å²) in [4.78, 5) is 0. The third-order valence-electron chi connectivity index (χ3n) is 9.92. The molecular formula is C37H88Cl5N7O4S2. The van der Waals surface area contributed by atoms with Crippen LogP contribution in [0, 0.1) is 0 Å². The molecule has 0 aromatic carbocycles. The van der Waals surface area contributed by atoms with Gasteiger partial charge < -0.3 is 38.9 Å². The molecule has 18 heteroatoms. The van der Waals surface area contributed by atoms with Crippen molar-refractivity contribution in [2.45, 2.75) is 165 Å².